The van der Waals surface area contributed by atoms with E-state index >= 15 is 0 Å². The van der Waals surface area contributed by atoms with Crippen molar-refractivity contribution in [2.24, 2.45) is 0 Å². The molecule has 3 rings (SSSR count). The predicted molar refractivity (Wildman–Crippen MR) is 117 cm³/mol. The number of halogens is 1. The van der Waals surface area contributed by atoms with Gasteiger partial charge in [-0.3, -0.25) is 4.79 Å². The number of hydrogen-bond acceptors (Lipinski definition) is 5. The molecule has 2 aromatic carbocycles. The van der Waals surface area contributed by atoms with Gasteiger partial charge in [-0.1, -0.05) is 42.5 Å². The Kier molecular flexibility index (Phi) is 7.30. The number of nitrogens with one attached hydrogen (secondary N) is 2. The van der Waals surface area contributed by atoms with Crippen LogP contribution in [-0.2, 0) is 15.4 Å². The van der Waals surface area contributed by atoms with Gasteiger partial charge in [0, 0.05) is 12.0 Å². The van der Waals surface area contributed by atoms with E-state index in [1.807, 2.05) is 30.3 Å². The first-order valence-electron chi connectivity index (χ1n) is 10.2. The molecule has 1 fully saturated rings. The van der Waals surface area contributed by atoms with Gasteiger partial charge >= 0.3 is 0 Å². The van der Waals surface area contributed by atoms with Gasteiger partial charge in [0.15, 0.2) is 5.37 Å². The lowest BCUT2D eigenvalue weighted by atomic mass is 9.72. The Bertz CT molecular complexity index is 995. The average Bonchev–Trinajstić information content (AvgIpc) is 2.82. The summed E-state index contributed by atoms with van der Waals surface area (Å²) in [5.74, 6) is -0.327. The fraction of sp³-hybridized carbons (Fsp3) is 0.409. The summed E-state index contributed by atoms with van der Waals surface area (Å²) in [7, 11) is -3.08. The van der Waals surface area contributed by atoms with Crippen LogP contribution in [0.3, 0.4) is 0 Å². The minimum Gasteiger partial charge on any atom is -0.496 e. The van der Waals surface area contributed by atoms with Crippen LogP contribution in [0, 0.1) is 0 Å². The second-order valence-electron chi connectivity index (χ2n) is 7.47. The highest BCUT2D eigenvalue weighted by Crippen LogP contribution is 2.40. The highest BCUT2D eigenvalue weighted by molar-refractivity contribution is 7.89. The van der Waals surface area contributed by atoms with Crippen LogP contribution >= 0.6 is 0 Å². The molecule has 31 heavy (non-hydrogen) atoms. The molecule has 0 bridgehead atoms. The SMILES string of the molecule is CCN(F)S(=O)(=O)C(NC(=O)c1ccccc1OC)C1(c2ccccc2)CCNCC1. The van der Waals surface area contributed by atoms with E-state index in [1.165, 1.54) is 14.0 Å². The van der Waals surface area contributed by atoms with Crippen molar-refractivity contribution in [3.8, 4) is 5.75 Å². The smallest absolute Gasteiger partial charge is 0.262 e. The van der Waals surface area contributed by atoms with E-state index in [4.69, 9.17) is 4.74 Å². The maximum Gasteiger partial charge on any atom is 0.262 e. The third kappa shape index (κ3) is 4.58. The number of sulfonamides is 1. The van der Waals surface area contributed by atoms with Crippen LogP contribution in [0.5, 0.6) is 5.75 Å². The Balaban J connectivity index is 2.13. The standard InChI is InChI=1S/C22H28FN3O4S/c1-3-26(23)31(28,29)21(25-20(27)18-11-7-8-12-19(18)30-2)22(13-15-24-16-14-22)17-9-5-4-6-10-17/h4-12,21,24H,3,13-16H2,1-2H3,(H,25,27). The Morgan fingerprint density at radius 3 is 2.39 bits per heavy atom. The van der Waals surface area contributed by atoms with E-state index in [2.05, 4.69) is 10.6 Å². The summed E-state index contributed by atoms with van der Waals surface area (Å²) in [6, 6.07) is 15.7. The lowest BCUT2D eigenvalue weighted by molar-refractivity contribution is 0.0907. The van der Waals surface area contributed by atoms with Crippen molar-refractivity contribution in [2.45, 2.75) is 30.6 Å². The number of amides is 1. The molecular weight excluding hydrogens is 421 g/mol. The summed E-state index contributed by atoms with van der Waals surface area (Å²) < 4.78 is 46.4. The predicted octanol–water partition coefficient (Wildman–Crippen LogP) is 2.61. The zero-order chi connectivity index (χ0) is 22.5. The first-order valence-corrected chi connectivity index (χ1v) is 11.7. The van der Waals surface area contributed by atoms with Crippen LogP contribution in [0.1, 0.15) is 35.7 Å². The number of methoxy groups -OCH3 is 1. The van der Waals surface area contributed by atoms with Gasteiger partial charge in [0.05, 0.1) is 12.7 Å². The molecule has 168 valence electrons. The lowest BCUT2D eigenvalue weighted by Gasteiger charge is -2.44. The molecular formula is C22H28FN3O4S. The number of piperidine rings is 1. The fourth-order valence-corrected chi connectivity index (χ4v) is 5.95. The number of hydrogen-bond donors (Lipinski definition) is 2. The molecule has 0 saturated carbocycles. The van der Waals surface area contributed by atoms with E-state index in [-0.39, 0.29) is 16.6 Å². The molecule has 2 N–H and O–H groups in total. The van der Waals surface area contributed by atoms with Crippen LogP contribution in [0.2, 0.25) is 0 Å². The highest BCUT2D eigenvalue weighted by atomic mass is 32.2. The number of ether oxygens (including phenoxy) is 1. The molecule has 7 nitrogen and oxygen atoms in total. The molecule has 1 aliphatic rings. The summed E-state index contributed by atoms with van der Waals surface area (Å²) in [4.78, 5) is 13.2. The summed E-state index contributed by atoms with van der Waals surface area (Å²) in [6.07, 6.45) is 0.843. The monoisotopic (exact) mass is 449 g/mol. The van der Waals surface area contributed by atoms with E-state index in [0.717, 1.165) is 5.56 Å². The van der Waals surface area contributed by atoms with Crippen molar-refractivity contribution in [3.63, 3.8) is 0 Å². The average molecular weight is 450 g/mol. The van der Waals surface area contributed by atoms with Gasteiger partial charge in [-0.25, -0.2) is 8.42 Å². The Morgan fingerprint density at radius 1 is 1.16 bits per heavy atom. The number of carbonyl (C=O) groups excluding carboxylic acids is 1. The summed E-state index contributed by atoms with van der Waals surface area (Å²) >= 11 is 0. The second-order valence-corrected chi connectivity index (χ2v) is 9.37. The molecule has 1 aliphatic heterocycles. The van der Waals surface area contributed by atoms with Crippen molar-refractivity contribution in [3.05, 3.63) is 65.7 Å². The van der Waals surface area contributed by atoms with Crippen LogP contribution < -0.4 is 15.4 Å². The van der Waals surface area contributed by atoms with Gasteiger partial charge in [0.1, 0.15) is 5.75 Å². The minimum atomic E-state index is -4.51. The van der Waals surface area contributed by atoms with Gasteiger partial charge in [-0.15, -0.1) is 4.48 Å². The molecule has 9 heteroatoms. The zero-order valence-electron chi connectivity index (χ0n) is 17.7. The number of para-hydroxylation sites is 1. The fourth-order valence-electron chi connectivity index (χ4n) is 4.17. The zero-order valence-corrected chi connectivity index (χ0v) is 18.5. The summed E-state index contributed by atoms with van der Waals surface area (Å²) in [6.45, 7) is 2.15. The number of rotatable bonds is 8. The lowest BCUT2D eigenvalue weighted by Crippen LogP contribution is -2.60. The molecule has 0 aliphatic carbocycles. The highest BCUT2D eigenvalue weighted by Gasteiger charge is 2.51. The molecule has 0 radical (unpaired) electrons. The number of benzene rings is 2. The molecule has 1 unspecified atom stereocenters. The van der Waals surface area contributed by atoms with Gasteiger partial charge in [0.2, 0.25) is 0 Å². The van der Waals surface area contributed by atoms with Crippen LogP contribution in [-0.4, -0.2) is 51.0 Å². The van der Waals surface area contributed by atoms with E-state index in [1.54, 1.807) is 24.3 Å². The maximum atomic E-state index is 14.7. The topological polar surface area (TPSA) is 87.7 Å². The normalized spacial score (nSPS) is 17.2. The molecule has 1 atom stereocenters. The third-order valence-corrected chi connectivity index (χ3v) is 7.76. The van der Waals surface area contributed by atoms with Crippen LogP contribution in [0.15, 0.2) is 54.6 Å². The molecule has 1 amide bonds. The molecule has 2 aromatic rings. The Hall–Kier alpha value is -2.49. The van der Waals surface area contributed by atoms with Gasteiger partial charge in [-0.05, 0) is 55.1 Å². The van der Waals surface area contributed by atoms with Crippen molar-refractivity contribution in [1.82, 2.24) is 15.2 Å². The largest absolute Gasteiger partial charge is 0.496 e. The van der Waals surface area contributed by atoms with Gasteiger partial charge < -0.3 is 15.4 Å². The maximum absolute atomic E-state index is 14.7. The first-order chi connectivity index (χ1) is 14.9. The molecule has 1 saturated heterocycles. The van der Waals surface area contributed by atoms with Crippen molar-refractivity contribution >= 4 is 15.9 Å². The van der Waals surface area contributed by atoms with Gasteiger partial charge in [-0.2, -0.15) is 0 Å². The molecule has 0 aromatic heterocycles. The Morgan fingerprint density at radius 2 is 1.77 bits per heavy atom. The Labute approximate surface area is 182 Å². The number of nitrogens with zero attached hydrogens (tertiary/aromatic N) is 1. The number of carbonyl (C=O) groups is 1. The molecule has 0 spiro atoms. The van der Waals surface area contributed by atoms with Crippen molar-refractivity contribution in [1.29, 1.82) is 0 Å². The second kappa shape index (κ2) is 9.76. The summed E-state index contributed by atoms with van der Waals surface area (Å²) in [5, 5.41) is 4.39. The summed E-state index contributed by atoms with van der Waals surface area (Å²) in [5.41, 5.74) is -0.0677. The minimum absolute atomic E-state index is 0.184. The van der Waals surface area contributed by atoms with E-state index < -0.39 is 26.7 Å². The van der Waals surface area contributed by atoms with Crippen LogP contribution in [0.4, 0.5) is 4.48 Å². The van der Waals surface area contributed by atoms with Crippen LogP contribution in [0.25, 0.3) is 0 Å². The quantitative estimate of drug-likeness (QED) is 0.605. The van der Waals surface area contributed by atoms with E-state index in [9.17, 15) is 17.7 Å². The third-order valence-electron chi connectivity index (χ3n) is 5.78. The van der Waals surface area contributed by atoms with Gasteiger partial charge in [0.25, 0.3) is 15.9 Å². The first kappa shape index (κ1) is 23.2. The van der Waals surface area contributed by atoms with E-state index in [0.29, 0.717) is 31.7 Å². The molecule has 1 heterocycles. The van der Waals surface area contributed by atoms with Crippen molar-refractivity contribution in [2.75, 3.05) is 26.7 Å². The van der Waals surface area contributed by atoms with Crippen molar-refractivity contribution < 1.29 is 22.4 Å².